The number of ether oxygens (including phenoxy) is 1. The Labute approximate surface area is 127 Å². The molecule has 1 aliphatic rings. The fourth-order valence-electron chi connectivity index (χ4n) is 2.59. The van der Waals surface area contributed by atoms with E-state index >= 15 is 0 Å². The van der Waals surface area contributed by atoms with Crippen LogP contribution in [0.4, 0.5) is 4.39 Å². The maximum Gasteiger partial charge on any atom is 0.163 e. The van der Waals surface area contributed by atoms with Crippen molar-refractivity contribution in [3.63, 3.8) is 0 Å². The Bertz CT molecular complexity index is 708. The highest BCUT2D eigenvalue weighted by molar-refractivity contribution is 5.33. The van der Waals surface area contributed by atoms with Crippen LogP contribution in [0.2, 0.25) is 0 Å². The summed E-state index contributed by atoms with van der Waals surface area (Å²) in [4.78, 5) is 2.10. The van der Waals surface area contributed by atoms with Gasteiger partial charge in [-0.15, -0.1) is 10.2 Å². The number of rotatable bonds is 3. The molecular weight excluding hydrogens is 285 g/mol. The molecule has 0 amide bonds. The van der Waals surface area contributed by atoms with Crippen molar-refractivity contribution in [3.05, 3.63) is 47.3 Å². The number of benzene rings is 1. The van der Waals surface area contributed by atoms with E-state index < -0.39 is 0 Å². The maximum atomic E-state index is 13.9. The Balaban J connectivity index is 1.73. The van der Waals surface area contributed by atoms with Crippen molar-refractivity contribution in [1.82, 2.24) is 19.7 Å². The number of hydrogen-bond donors (Lipinski definition) is 0. The molecule has 1 saturated heterocycles. The summed E-state index contributed by atoms with van der Waals surface area (Å²) < 4.78 is 21.5. The molecule has 0 radical (unpaired) electrons. The first kappa shape index (κ1) is 14.6. The van der Waals surface area contributed by atoms with Gasteiger partial charge in [-0.25, -0.2) is 4.39 Å². The lowest BCUT2D eigenvalue weighted by atomic mass is 10.1. The van der Waals surface area contributed by atoms with Gasteiger partial charge in [-0.3, -0.25) is 4.90 Å². The van der Waals surface area contributed by atoms with Gasteiger partial charge in [0.1, 0.15) is 18.2 Å². The van der Waals surface area contributed by atoms with Crippen LogP contribution in [0.5, 0.6) is 0 Å². The van der Waals surface area contributed by atoms with Crippen LogP contribution in [-0.2, 0) is 18.3 Å². The van der Waals surface area contributed by atoms with E-state index in [0.717, 1.165) is 5.82 Å². The normalized spacial score (nSPS) is 19.0. The maximum absolute atomic E-state index is 13.9. The average molecular weight is 301 g/mol. The number of nitriles is 1. The molecule has 0 bridgehead atoms. The molecule has 3 rings (SSSR count). The standard InChI is InChI=1S/C15H16FN5O/c1-20-10-18-19-15(20)14-9-21(4-5-22-14)8-12-6-11(7-17)2-3-13(12)16/h2-3,6,10,14H,4-5,8-9H2,1H3/t14-/m0/s1. The van der Waals surface area contributed by atoms with Crippen molar-refractivity contribution in [2.75, 3.05) is 19.7 Å². The average Bonchev–Trinajstić information content (AvgIpc) is 2.96. The van der Waals surface area contributed by atoms with Crippen molar-refractivity contribution < 1.29 is 9.13 Å². The quantitative estimate of drug-likeness (QED) is 0.857. The molecule has 0 unspecified atom stereocenters. The number of morpholine rings is 1. The van der Waals surface area contributed by atoms with E-state index in [4.69, 9.17) is 10.00 Å². The molecule has 0 saturated carbocycles. The molecule has 1 aliphatic heterocycles. The molecule has 1 aromatic heterocycles. The van der Waals surface area contributed by atoms with Gasteiger partial charge < -0.3 is 9.30 Å². The summed E-state index contributed by atoms with van der Waals surface area (Å²) in [6.45, 7) is 2.32. The van der Waals surface area contributed by atoms with E-state index in [1.165, 1.54) is 12.1 Å². The van der Waals surface area contributed by atoms with E-state index in [9.17, 15) is 4.39 Å². The first-order chi connectivity index (χ1) is 10.7. The molecule has 0 aliphatic carbocycles. The zero-order valence-corrected chi connectivity index (χ0v) is 12.2. The monoisotopic (exact) mass is 301 g/mol. The molecule has 22 heavy (non-hydrogen) atoms. The summed E-state index contributed by atoms with van der Waals surface area (Å²) in [5, 5.41) is 16.9. The summed E-state index contributed by atoms with van der Waals surface area (Å²) >= 11 is 0. The van der Waals surface area contributed by atoms with Crippen LogP contribution in [0.3, 0.4) is 0 Å². The molecule has 7 heteroatoms. The number of halogens is 1. The second-order valence-electron chi connectivity index (χ2n) is 5.31. The van der Waals surface area contributed by atoms with Crippen LogP contribution in [0.25, 0.3) is 0 Å². The van der Waals surface area contributed by atoms with Gasteiger partial charge in [0.25, 0.3) is 0 Å². The summed E-state index contributed by atoms with van der Waals surface area (Å²) in [7, 11) is 1.87. The van der Waals surface area contributed by atoms with Crippen molar-refractivity contribution in [1.29, 1.82) is 5.26 Å². The fourth-order valence-corrected chi connectivity index (χ4v) is 2.59. The van der Waals surface area contributed by atoms with Gasteiger partial charge in [0.15, 0.2) is 5.82 Å². The van der Waals surface area contributed by atoms with Gasteiger partial charge in [0.2, 0.25) is 0 Å². The molecule has 2 heterocycles. The van der Waals surface area contributed by atoms with Crippen LogP contribution in [0.15, 0.2) is 24.5 Å². The highest BCUT2D eigenvalue weighted by atomic mass is 19.1. The van der Waals surface area contributed by atoms with Crippen LogP contribution in [-0.4, -0.2) is 39.4 Å². The van der Waals surface area contributed by atoms with Crippen molar-refractivity contribution in [2.24, 2.45) is 7.05 Å². The minimum Gasteiger partial charge on any atom is -0.368 e. The van der Waals surface area contributed by atoms with Gasteiger partial charge >= 0.3 is 0 Å². The molecular formula is C15H16FN5O. The highest BCUT2D eigenvalue weighted by Crippen LogP contribution is 2.22. The second-order valence-corrected chi connectivity index (χ2v) is 5.31. The minimum atomic E-state index is -0.291. The topological polar surface area (TPSA) is 67.0 Å². The third-order valence-electron chi connectivity index (χ3n) is 3.75. The lowest BCUT2D eigenvalue weighted by Gasteiger charge is -2.32. The lowest BCUT2D eigenvalue weighted by Crippen LogP contribution is -2.38. The molecule has 1 fully saturated rings. The first-order valence-corrected chi connectivity index (χ1v) is 7.03. The number of aromatic nitrogens is 3. The summed E-state index contributed by atoms with van der Waals surface area (Å²) in [6, 6.07) is 6.47. The van der Waals surface area contributed by atoms with Gasteiger partial charge in [-0.05, 0) is 18.2 Å². The predicted octanol–water partition coefficient (Wildman–Crippen LogP) is 1.40. The second kappa shape index (κ2) is 6.22. The van der Waals surface area contributed by atoms with Crippen LogP contribution in [0, 0.1) is 17.1 Å². The summed E-state index contributed by atoms with van der Waals surface area (Å²) in [5.41, 5.74) is 0.993. The van der Waals surface area contributed by atoms with Crippen LogP contribution in [0.1, 0.15) is 23.1 Å². The fraction of sp³-hybridized carbons (Fsp3) is 0.400. The third kappa shape index (κ3) is 2.98. The van der Waals surface area contributed by atoms with E-state index in [-0.39, 0.29) is 11.9 Å². The van der Waals surface area contributed by atoms with Gasteiger partial charge in [0.05, 0.1) is 18.2 Å². The number of hydrogen-bond acceptors (Lipinski definition) is 5. The Morgan fingerprint density at radius 3 is 3.09 bits per heavy atom. The lowest BCUT2D eigenvalue weighted by molar-refractivity contribution is -0.0388. The summed E-state index contributed by atoms with van der Waals surface area (Å²) in [6.07, 6.45) is 1.46. The zero-order chi connectivity index (χ0) is 15.5. The van der Waals surface area contributed by atoms with Gasteiger partial charge in [-0.2, -0.15) is 5.26 Å². The molecule has 2 aromatic rings. The zero-order valence-electron chi connectivity index (χ0n) is 12.2. The molecule has 0 spiro atoms. The van der Waals surface area contributed by atoms with Gasteiger partial charge in [-0.1, -0.05) is 0 Å². The molecule has 6 nitrogen and oxygen atoms in total. The molecule has 1 aromatic carbocycles. The number of nitrogens with zero attached hydrogens (tertiary/aromatic N) is 5. The predicted molar refractivity (Wildman–Crippen MR) is 76.1 cm³/mol. The smallest absolute Gasteiger partial charge is 0.163 e. The Morgan fingerprint density at radius 2 is 2.36 bits per heavy atom. The van der Waals surface area contributed by atoms with Crippen molar-refractivity contribution in [2.45, 2.75) is 12.6 Å². The Hall–Kier alpha value is -2.30. The van der Waals surface area contributed by atoms with E-state index in [1.807, 2.05) is 17.7 Å². The van der Waals surface area contributed by atoms with Crippen LogP contribution >= 0.6 is 0 Å². The van der Waals surface area contributed by atoms with E-state index in [0.29, 0.717) is 37.4 Å². The van der Waals surface area contributed by atoms with Crippen molar-refractivity contribution >= 4 is 0 Å². The van der Waals surface area contributed by atoms with E-state index in [1.54, 1.807) is 12.4 Å². The molecule has 1 atom stereocenters. The van der Waals surface area contributed by atoms with E-state index in [2.05, 4.69) is 15.1 Å². The third-order valence-corrected chi connectivity index (χ3v) is 3.75. The largest absolute Gasteiger partial charge is 0.368 e. The number of aryl methyl sites for hydroxylation is 1. The Morgan fingerprint density at radius 1 is 1.50 bits per heavy atom. The SMILES string of the molecule is Cn1cnnc1[C@@H]1CN(Cc2cc(C#N)ccc2F)CCO1. The van der Waals surface area contributed by atoms with Crippen LogP contribution < -0.4 is 0 Å². The molecule has 114 valence electrons. The Kier molecular flexibility index (Phi) is 4.13. The summed E-state index contributed by atoms with van der Waals surface area (Å²) in [5.74, 6) is 0.469. The highest BCUT2D eigenvalue weighted by Gasteiger charge is 2.26. The molecule has 0 N–H and O–H groups in total. The van der Waals surface area contributed by atoms with Crippen molar-refractivity contribution in [3.8, 4) is 6.07 Å². The first-order valence-electron chi connectivity index (χ1n) is 7.03. The van der Waals surface area contributed by atoms with Gasteiger partial charge in [0, 0.05) is 32.2 Å². The minimum absolute atomic E-state index is 0.177.